The van der Waals surface area contributed by atoms with Crippen LogP contribution in [0.3, 0.4) is 0 Å². The highest BCUT2D eigenvalue weighted by Gasteiger charge is 2.45. The van der Waals surface area contributed by atoms with Crippen LogP contribution in [0.1, 0.15) is 41.6 Å². The van der Waals surface area contributed by atoms with Crippen LogP contribution in [0, 0.1) is 5.92 Å². The first kappa shape index (κ1) is 18.6. The molecule has 2 aliphatic rings. The summed E-state index contributed by atoms with van der Waals surface area (Å²) < 4.78 is 38.3. The maximum atomic E-state index is 12.8. The lowest BCUT2D eigenvalue weighted by molar-refractivity contribution is -0.183. The van der Waals surface area contributed by atoms with Gasteiger partial charge in [-0.05, 0) is 25.7 Å². The van der Waals surface area contributed by atoms with Crippen LogP contribution in [0.4, 0.5) is 19.1 Å². The number of carbonyl (C=O) groups is 1. The van der Waals surface area contributed by atoms with Crippen LogP contribution in [0.25, 0.3) is 0 Å². The van der Waals surface area contributed by atoms with E-state index in [0.29, 0.717) is 5.95 Å². The highest BCUT2D eigenvalue weighted by Crippen LogP contribution is 2.47. The smallest absolute Gasteiger partial charge is 0.345 e. The first-order valence-corrected chi connectivity index (χ1v) is 9.09. The number of piperidine rings is 1. The Balaban J connectivity index is 1.38. The van der Waals surface area contributed by atoms with Crippen molar-refractivity contribution in [1.82, 2.24) is 24.8 Å². The Morgan fingerprint density at radius 2 is 1.68 bits per heavy atom. The summed E-state index contributed by atoms with van der Waals surface area (Å²) >= 11 is 0. The molecule has 1 aliphatic heterocycles. The van der Waals surface area contributed by atoms with E-state index in [4.69, 9.17) is 0 Å². The van der Waals surface area contributed by atoms with Crippen LogP contribution in [-0.2, 0) is 5.54 Å². The molecule has 2 aromatic heterocycles. The van der Waals surface area contributed by atoms with Crippen molar-refractivity contribution in [1.29, 1.82) is 0 Å². The van der Waals surface area contributed by atoms with Gasteiger partial charge in [0.2, 0.25) is 5.95 Å². The molecule has 0 radical (unpaired) electrons. The van der Waals surface area contributed by atoms with Crippen molar-refractivity contribution in [2.24, 2.45) is 5.92 Å². The molecule has 2 fully saturated rings. The largest absolute Gasteiger partial charge is 0.391 e. The summed E-state index contributed by atoms with van der Waals surface area (Å²) in [5, 5.41) is 3.26. The topological polar surface area (TPSA) is 83.9 Å². The zero-order valence-electron chi connectivity index (χ0n) is 15.0. The summed E-state index contributed by atoms with van der Waals surface area (Å²) in [5.41, 5.74) is 0.932. The third kappa shape index (κ3) is 3.76. The number of carbonyl (C=O) groups excluding carboxylic acids is 1. The summed E-state index contributed by atoms with van der Waals surface area (Å²) in [5.74, 6) is -1.30. The zero-order chi connectivity index (χ0) is 19.8. The van der Waals surface area contributed by atoms with Gasteiger partial charge in [-0.2, -0.15) is 13.2 Å². The Labute approximate surface area is 159 Å². The van der Waals surface area contributed by atoms with Crippen LogP contribution in [0.5, 0.6) is 0 Å². The molecule has 1 saturated heterocycles. The molecule has 0 bridgehead atoms. The summed E-state index contributed by atoms with van der Waals surface area (Å²) in [6.07, 6.45) is 5.23. The van der Waals surface area contributed by atoms with Gasteiger partial charge in [-0.1, -0.05) is 0 Å². The van der Waals surface area contributed by atoms with Crippen molar-refractivity contribution in [3.8, 4) is 0 Å². The first-order chi connectivity index (χ1) is 13.4. The van der Waals surface area contributed by atoms with E-state index in [1.807, 2.05) is 0 Å². The third-order valence-electron chi connectivity index (χ3n) is 5.36. The third-order valence-corrected chi connectivity index (χ3v) is 5.36. The lowest BCUT2D eigenvalue weighted by Crippen LogP contribution is -2.42. The molecule has 7 nitrogen and oxygen atoms in total. The molecule has 148 valence electrons. The van der Waals surface area contributed by atoms with Gasteiger partial charge in [0.1, 0.15) is 6.33 Å². The quantitative estimate of drug-likeness (QED) is 0.862. The molecule has 10 heteroatoms. The van der Waals surface area contributed by atoms with E-state index in [1.165, 1.54) is 23.6 Å². The van der Waals surface area contributed by atoms with Crippen LogP contribution in [-0.4, -0.2) is 50.0 Å². The second-order valence-electron chi connectivity index (χ2n) is 7.24. The number of aromatic nitrogens is 4. The van der Waals surface area contributed by atoms with E-state index in [9.17, 15) is 18.0 Å². The number of anilines is 1. The second-order valence-corrected chi connectivity index (χ2v) is 7.24. The molecule has 0 atom stereocenters. The van der Waals surface area contributed by atoms with Crippen LogP contribution in [0.15, 0.2) is 31.1 Å². The molecule has 1 amide bonds. The summed E-state index contributed by atoms with van der Waals surface area (Å²) in [6, 6.07) is 0. The van der Waals surface area contributed by atoms with Crippen molar-refractivity contribution in [3.63, 3.8) is 0 Å². The normalized spacial score (nSPS) is 19.3. The van der Waals surface area contributed by atoms with E-state index in [1.54, 1.807) is 12.4 Å². The molecule has 0 unspecified atom stereocenters. The number of likely N-dealkylation sites (tertiary alicyclic amines) is 1. The van der Waals surface area contributed by atoms with Gasteiger partial charge >= 0.3 is 6.18 Å². The average molecular weight is 392 g/mol. The summed E-state index contributed by atoms with van der Waals surface area (Å²) in [4.78, 5) is 30.4. The van der Waals surface area contributed by atoms with Gasteiger partial charge in [-0.3, -0.25) is 4.79 Å². The zero-order valence-corrected chi connectivity index (χ0v) is 15.0. The van der Waals surface area contributed by atoms with E-state index >= 15 is 0 Å². The van der Waals surface area contributed by atoms with E-state index in [-0.39, 0.29) is 42.9 Å². The minimum atomic E-state index is -4.20. The number of alkyl halides is 3. The number of rotatable bonds is 4. The number of hydrogen-bond acceptors (Lipinski definition) is 6. The summed E-state index contributed by atoms with van der Waals surface area (Å²) in [7, 11) is 0. The maximum absolute atomic E-state index is 12.8. The molecule has 0 aromatic carbocycles. The molecule has 1 aliphatic carbocycles. The van der Waals surface area contributed by atoms with Crippen molar-refractivity contribution in [2.45, 2.75) is 37.4 Å². The highest BCUT2D eigenvalue weighted by molar-refractivity contribution is 5.93. The monoisotopic (exact) mass is 392 g/mol. The van der Waals surface area contributed by atoms with Gasteiger partial charge in [0, 0.05) is 43.4 Å². The molecular weight excluding hydrogens is 373 g/mol. The van der Waals surface area contributed by atoms with Crippen molar-refractivity contribution < 1.29 is 18.0 Å². The maximum Gasteiger partial charge on any atom is 0.391 e. The number of hydrogen-bond donors (Lipinski definition) is 1. The Morgan fingerprint density at radius 1 is 1.07 bits per heavy atom. The minimum absolute atomic E-state index is 0.0720. The van der Waals surface area contributed by atoms with E-state index in [2.05, 4.69) is 25.3 Å². The fraction of sp³-hybridized carbons (Fsp3) is 0.500. The molecule has 4 rings (SSSR count). The fourth-order valence-corrected chi connectivity index (χ4v) is 3.47. The summed E-state index contributed by atoms with van der Waals surface area (Å²) in [6.45, 7) is 0.167. The standard InChI is InChI=1S/C18H19F3N6O/c19-18(20,21)13-1-5-27(6-2-13)15(28)12-7-24-16(25-8-12)26-17(3-4-17)14-9-22-11-23-10-14/h7-11,13H,1-6H2,(H,24,25,26). The van der Waals surface area contributed by atoms with Gasteiger partial charge in [0.25, 0.3) is 5.91 Å². The Morgan fingerprint density at radius 3 is 2.21 bits per heavy atom. The second kappa shape index (κ2) is 6.99. The molecular formula is C18H19F3N6O. The van der Waals surface area contributed by atoms with Crippen LogP contribution < -0.4 is 5.32 Å². The van der Waals surface area contributed by atoms with Gasteiger partial charge in [0.05, 0.1) is 17.0 Å². The van der Waals surface area contributed by atoms with Gasteiger partial charge < -0.3 is 10.2 Å². The highest BCUT2D eigenvalue weighted by atomic mass is 19.4. The molecule has 2 aromatic rings. The fourth-order valence-electron chi connectivity index (χ4n) is 3.47. The van der Waals surface area contributed by atoms with E-state index in [0.717, 1.165) is 18.4 Å². The molecule has 1 saturated carbocycles. The van der Waals surface area contributed by atoms with Crippen molar-refractivity contribution in [3.05, 3.63) is 42.2 Å². The SMILES string of the molecule is O=C(c1cnc(NC2(c3cncnc3)CC2)nc1)N1CCC(C(F)(F)F)CC1. The molecule has 0 spiro atoms. The van der Waals surface area contributed by atoms with Crippen molar-refractivity contribution in [2.75, 3.05) is 18.4 Å². The van der Waals surface area contributed by atoms with Crippen molar-refractivity contribution >= 4 is 11.9 Å². The predicted molar refractivity (Wildman–Crippen MR) is 93.3 cm³/mol. The Bertz CT molecular complexity index is 831. The lowest BCUT2D eigenvalue weighted by Gasteiger charge is -2.32. The van der Waals surface area contributed by atoms with Crippen LogP contribution in [0.2, 0.25) is 0 Å². The molecule has 1 N–H and O–H groups in total. The molecule has 28 heavy (non-hydrogen) atoms. The van der Waals surface area contributed by atoms with Gasteiger partial charge in [-0.15, -0.1) is 0 Å². The molecule has 3 heterocycles. The van der Waals surface area contributed by atoms with E-state index < -0.39 is 12.1 Å². The number of nitrogens with zero attached hydrogens (tertiary/aromatic N) is 5. The lowest BCUT2D eigenvalue weighted by atomic mass is 9.96. The Kier molecular flexibility index (Phi) is 4.64. The van der Waals surface area contributed by atoms with Gasteiger partial charge in [-0.25, -0.2) is 19.9 Å². The predicted octanol–water partition coefficient (Wildman–Crippen LogP) is 2.78. The average Bonchev–Trinajstić information content (AvgIpc) is 3.49. The number of halogens is 3. The van der Waals surface area contributed by atoms with Gasteiger partial charge in [0.15, 0.2) is 0 Å². The first-order valence-electron chi connectivity index (χ1n) is 9.09. The number of nitrogens with one attached hydrogen (secondary N) is 1. The minimum Gasteiger partial charge on any atom is -0.345 e. The number of amides is 1. The Hall–Kier alpha value is -2.78. The van der Waals surface area contributed by atoms with Crippen LogP contribution >= 0.6 is 0 Å².